The normalized spacial score (nSPS) is 10.6. The minimum absolute atomic E-state index is 0.0491. The van der Waals surface area contributed by atoms with Crippen LogP contribution in [0.15, 0.2) is 46.9 Å². The third-order valence-electron chi connectivity index (χ3n) is 4.48. The lowest BCUT2D eigenvalue weighted by atomic mass is 10.1. The largest absolute Gasteiger partial charge is 0.497 e. The second-order valence-corrected chi connectivity index (χ2v) is 6.56. The van der Waals surface area contributed by atoms with E-state index in [2.05, 4.69) is 10.3 Å². The summed E-state index contributed by atoms with van der Waals surface area (Å²) in [5, 5.41) is 2.86. The zero-order valence-electron chi connectivity index (χ0n) is 16.3. The first kappa shape index (κ1) is 19.4. The van der Waals surface area contributed by atoms with Crippen LogP contribution in [-0.4, -0.2) is 23.8 Å². The van der Waals surface area contributed by atoms with E-state index in [1.165, 1.54) is 6.92 Å². The molecule has 1 heterocycles. The van der Waals surface area contributed by atoms with Gasteiger partial charge >= 0.3 is 0 Å². The van der Waals surface area contributed by atoms with Crippen LogP contribution < -0.4 is 10.1 Å². The highest BCUT2D eigenvalue weighted by Gasteiger charge is 2.16. The number of oxazole rings is 1. The summed E-state index contributed by atoms with van der Waals surface area (Å²) >= 11 is 0. The summed E-state index contributed by atoms with van der Waals surface area (Å²) in [4.78, 5) is 28.5. The maximum absolute atomic E-state index is 12.5. The number of aryl methyl sites for hydroxylation is 2. The molecular weight excluding hydrogens is 356 g/mol. The highest BCUT2D eigenvalue weighted by molar-refractivity contribution is 5.98. The molecule has 1 aromatic heterocycles. The van der Waals surface area contributed by atoms with E-state index < -0.39 is 0 Å². The van der Waals surface area contributed by atoms with Gasteiger partial charge in [-0.3, -0.25) is 9.59 Å². The number of benzene rings is 2. The van der Waals surface area contributed by atoms with Crippen LogP contribution in [0.25, 0.3) is 11.5 Å². The van der Waals surface area contributed by atoms with Gasteiger partial charge in [0.1, 0.15) is 11.5 Å². The van der Waals surface area contributed by atoms with E-state index in [4.69, 9.17) is 9.15 Å². The Labute approximate surface area is 163 Å². The molecule has 1 amide bonds. The Bertz CT molecular complexity index is 1020. The van der Waals surface area contributed by atoms with Gasteiger partial charge in [-0.2, -0.15) is 0 Å². The Morgan fingerprint density at radius 2 is 1.82 bits per heavy atom. The molecular formula is C22H22N2O4. The van der Waals surface area contributed by atoms with Crippen molar-refractivity contribution in [3.63, 3.8) is 0 Å². The number of rotatable bonds is 6. The van der Waals surface area contributed by atoms with Gasteiger partial charge in [0.15, 0.2) is 5.78 Å². The molecule has 0 saturated carbocycles. The zero-order valence-corrected chi connectivity index (χ0v) is 16.3. The number of Topliss-reactive ketones (excluding diaryl/α,β-unsaturated/α-hetero) is 1. The fourth-order valence-corrected chi connectivity index (χ4v) is 2.77. The number of hydrogen-bond acceptors (Lipinski definition) is 5. The molecule has 0 aliphatic heterocycles. The second kappa shape index (κ2) is 8.08. The van der Waals surface area contributed by atoms with Crippen LogP contribution in [0.4, 0.5) is 5.69 Å². The van der Waals surface area contributed by atoms with E-state index in [0.717, 1.165) is 16.9 Å². The monoisotopic (exact) mass is 378 g/mol. The third kappa shape index (κ3) is 4.28. The van der Waals surface area contributed by atoms with Crippen LogP contribution >= 0.6 is 0 Å². The van der Waals surface area contributed by atoms with Crippen molar-refractivity contribution in [1.82, 2.24) is 4.98 Å². The number of ketones is 1. The van der Waals surface area contributed by atoms with Crippen molar-refractivity contribution >= 4 is 17.4 Å². The first-order chi connectivity index (χ1) is 13.4. The minimum Gasteiger partial charge on any atom is -0.497 e. The zero-order chi connectivity index (χ0) is 20.3. The topological polar surface area (TPSA) is 81.4 Å². The van der Waals surface area contributed by atoms with Gasteiger partial charge in [0.25, 0.3) is 0 Å². The Morgan fingerprint density at radius 1 is 1.11 bits per heavy atom. The lowest BCUT2D eigenvalue weighted by Crippen LogP contribution is -2.16. The molecule has 28 heavy (non-hydrogen) atoms. The summed E-state index contributed by atoms with van der Waals surface area (Å²) in [5.74, 6) is 1.52. The van der Waals surface area contributed by atoms with E-state index in [-0.39, 0.29) is 18.1 Å². The summed E-state index contributed by atoms with van der Waals surface area (Å²) in [6.45, 7) is 5.16. The van der Waals surface area contributed by atoms with Gasteiger partial charge in [-0.05, 0) is 56.7 Å². The van der Waals surface area contributed by atoms with Crippen molar-refractivity contribution in [3.8, 4) is 17.2 Å². The van der Waals surface area contributed by atoms with E-state index in [1.807, 2.05) is 37.3 Å². The number of carbonyl (C=O) groups is 2. The molecule has 2 aromatic carbocycles. The van der Waals surface area contributed by atoms with Crippen molar-refractivity contribution in [2.24, 2.45) is 0 Å². The van der Waals surface area contributed by atoms with Crippen LogP contribution in [-0.2, 0) is 11.2 Å². The van der Waals surface area contributed by atoms with Gasteiger partial charge in [0.05, 0.1) is 19.2 Å². The lowest BCUT2D eigenvalue weighted by molar-refractivity contribution is -0.115. The molecule has 6 heteroatoms. The van der Waals surface area contributed by atoms with Crippen LogP contribution in [0.1, 0.15) is 34.3 Å². The van der Waals surface area contributed by atoms with Crippen molar-refractivity contribution < 1.29 is 18.7 Å². The van der Waals surface area contributed by atoms with Gasteiger partial charge < -0.3 is 14.5 Å². The highest BCUT2D eigenvalue weighted by Crippen LogP contribution is 2.24. The average molecular weight is 378 g/mol. The molecule has 144 valence electrons. The summed E-state index contributed by atoms with van der Waals surface area (Å²) in [7, 11) is 1.61. The number of methoxy groups -OCH3 is 1. The Kier molecular flexibility index (Phi) is 5.59. The summed E-state index contributed by atoms with van der Waals surface area (Å²) in [6.07, 6.45) is 0.0786. The first-order valence-electron chi connectivity index (χ1n) is 8.89. The number of ether oxygens (including phenoxy) is 1. The van der Waals surface area contributed by atoms with Crippen LogP contribution in [0.2, 0.25) is 0 Å². The lowest BCUT2D eigenvalue weighted by Gasteiger charge is -2.09. The van der Waals surface area contributed by atoms with Crippen molar-refractivity contribution in [1.29, 1.82) is 0 Å². The van der Waals surface area contributed by atoms with Gasteiger partial charge in [-0.1, -0.05) is 12.1 Å². The molecule has 6 nitrogen and oxygen atoms in total. The Hall–Kier alpha value is -3.41. The van der Waals surface area contributed by atoms with E-state index in [0.29, 0.717) is 28.6 Å². The second-order valence-electron chi connectivity index (χ2n) is 6.56. The minimum atomic E-state index is -0.221. The molecule has 0 bridgehead atoms. The highest BCUT2D eigenvalue weighted by atomic mass is 16.5. The van der Waals surface area contributed by atoms with E-state index in [9.17, 15) is 9.59 Å². The molecule has 0 aliphatic rings. The number of hydrogen-bond donors (Lipinski definition) is 1. The van der Waals surface area contributed by atoms with Gasteiger partial charge in [-0.25, -0.2) is 4.98 Å². The van der Waals surface area contributed by atoms with Gasteiger partial charge in [-0.15, -0.1) is 0 Å². The maximum Gasteiger partial charge on any atom is 0.230 e. The predicted octanol–water partition coefficient (Wildman–Crippen LogP) is 4.35. The van der Waals surface area contributed by atoms with E-state index >= 15 is 0 Å². The quantitative estimate of drug-likeness (QED) is 0.645. The smallest absolute Gasteiger partial charge is 0.230 e. The number of nitrogens with one attached hydrogen (secondary N) is 1. The Balaban J connectivity index is 1.75. The van der Waals surface area contributed by atoms with Crippen LogP contribution in [0, 0.1) is 13.8 Å². The number of amides is 1. The van der Waals surface area contributed by atoms with E-state index in [1.54, 1.807) is 26.2 Å². The first-order valence-corrected chi connectivity index (χ1v) is 8.89. The molecule has 0 unspecified atom stereocenters. The number of anilines is 1. The molecule has 0 fully saturated rings. The van der Waals surface area contributed by atoms with Gasteiger partial charge in [0, 0.05) is 16.8 Å². The molecule has 0 radical (unpaired) electrons. The summed E-state index contributed by atoms with van der Waals surface area (Å²) in [6, 6.07) is 12.6. The van der Waals surface area contributed by atoms with Gasteiger partial charge in [0.2, 0.25) is 11.8 Å². The van der Waals surface area contributed by atoms with Crippen molar-refractivity contribution in [2.75, 3.05) is 12.4 Å². The van der Waals surface area contributed by atoms with Crippen molar-refractivity contribution in [3.05, 3.63) is 65.0 Å². The number of nitrogens with zero attached hydrogens (tertiary/aromatic N) is 1. The summed E-state index contributed by atoms with van der Waals surface area (Å²) < 4.78 is 10.9. The molecule has 0 spiro atoms. The SMILES string of the molecule is COc1ccc(-c2nc(CC(=O)Nc3cc(C(C)=O)ccc3C)c(C)o2)cc1. The number of carbonyl (C=O) groups excluding carboxylic acids is 2. The molecule has 3 rings (SSSR count). The molecule has 0 atom stereocenters. The fourth-order valence-electron chi connectivity index (χ4n) is 2.77. The molecule has 0 saturated heterocycles. The van der Waals surface area contributed by atoms with Crippen LogP contribution in [0.3, 0.4) is 0 Å². The molecule has 3 aromatic rings. The number of aromatic nitrogens is 1. The Morgan fingerprint density at radius 3 is 2.46 bits per heavy atom. The average Bonchev–Trinajstić information content (AvgIpc) is 3.03. The standard InChI is InChI=1S/C22H22N2O4/c1-13-5-6-17(14(2)25)11-19(13)23-21(26)12-20-15(3)28-22(24-20)16-7-9-18(27-4)10-8-16/h5-11H,12H2,1-4H3,(H,23,26). The van der Waals surface area contributed by atoms with Crippen LogP contribution in [0.5, 0.6) is 5.75 Å². The fraction of sp³-hybridized carbons (Fsp3) is 0.227. The molecule has 0 aliphatic carbocycles. The third-order valence-corrected chi connectivity index (χ3v) is 4.48. The summed E-state index contributed by atoms with van der Waals surface area (Å²) in [5.41, 5.74) is 3.44. The van der Waals surface area contributed by atoms with Crippen molar-refractivity contribution in [2.45, 2.75) is 27.2 Å². The predicted molar refractivity (Wildman–Crippen MR) is 107 cm³/mol. The maximum atomic E-state index is 12.5. The molecule has 1 N–H and O–H groups in total.